The van der Waals surface area contributed by atoms with Gasteiger partial charge in [-0.3, -0.25) is 15.3 Å². The van der Waals surface area contributed by atoms with Crippen molar-refractivity contribution in [2.45, 2.75) is 37.7 Å². The van der Waals surface area contributed by atoms with Crippen LogP contribution in [0.3, 0.4) is 0 Å². The van der Waals surface area contributed by atoms with Crippen LogP contribution in [0.1, 0.15) is 37.2 Å². The molecule has 1 heterocycles. The predicted molar refractivity (Wildman–Crippen MR) is 80.2 cm³/mol. The number of nitrogens with zero attached hydrogens (tertiary/aromatic N) is 2. The van der Waals surface area contributed by atoms with Crippen molar-refractivity contribution < 1.29 is 14.7 Å². The fourth-order valence-corrected chi connectivity index (χ4v) is 3.98. The van der Waals surface area contributed by atoms with E-state index in [1.807, 2.05) is 0 Å². The number of fused-ring (bicyclic) bond motifs is 1. The van der Waals surface area contributed by atoms with Gasteiger partial charge >= 0.3 is 0 Å². The van der Waals surface area contributed by atoms with Crippen LogP contribution in [0.4, 0.5) is 5.69 Å². The summed E-state index contributed by atoms with van der Waals surface area (Å²) >= 11 is 3.34. The molecule has 1 aromatic carbocycles. The van der Waals surface area contributed by atoms with Gasteiger partial charge in [-0.05, 0) is 24.3 Å². The minimum atomic E-state index is -0.421. The number of nitro groups is 1. The van der Waals surface area contributed by atoms with Crippen molar-refractivity contribution >= 4 is 26.2 Å². The van der Waals surface area contributed by atoms with Crippen molar-refractivity contribution in [3.8, 4) is 0 Å². The molecule has 6 nitrogen and oxygen atoms in total. The molecule has 21 heavy (non-hydrogen) atoms. The van der Waals surface area contributed by atoms with E-state index in [4.69, 9.17) is 4.84 Å². The molecule has 0 aromatic heterocycles. The minimum absolute atomic E-state index is 0.0566. The van der Waals surface area contributed by atoms with Crippen molar-refractivity contribution in [1.29, 1.82) is 0 Å². The van der Waals surface area contributed by atoms with Crippen molar-refractivity contribution in [3.05, 3.63) is 45.2 Å². The summed E-state index contributed by atoms with van der Waals surface area (Å²) in [7, 11) is 0. The number of hydrogen-bond acceptors (Lipinski definition) is 4. The smallest absolute Gasteiger partial charge is 0.293 e. The average molecular weight is 355 g/mol. The standard InChI is InChI=1S/C14H15BrN2O4/c15-14-13(9-5-7-10(8-6-9)16(18)19)11-3-1-2-4-12(11)21-17(14)20/h5-8,11-13H,1-4H2/t11-,12+,13+/m1/s1. The largest absolute Gasteiger partial charge is 0.399 e. The highest BCUT2D eigenvalue weighted by atomic mass is 79.9. The van der Waals surface area contributed by atoms with Gasteiger partial charge in [0.25, 0.3) is 10.3 Å². The van der Waals surface area contributed by atoms with Gasteiger partial charge in [0, 0.05) is 33.0 Å². The SMILES string of the molecule is O=[N+]([O-])c1ccc([C@@H]2C(Br)=[N+]([O-])O[C@H]3CCCC[C@H]32)cc1. The summed E-state index contributed by atoms with van der Waals surface area (Å²) in [5.41, 5.74) is 0.967. The zero-order chi connectivity index (χ0) is 15.0. The van der Waals surface area contributed by atoms with Crippen molar-refractivity contribution in [1.82, 2.24) is 0 Å². The molecule has 0 saturated heterocycles. The number of halogens is 1. The molecule has 2 aliphatic rings. The molecule has 0 spiro atoms. The Morgan fingerprint density at radius 2 is 1.90 bits per heavy atom. The summed E-state index contributed by atoms with van der Waals surface area (Å²) in [5, 5.41) is 22.7. The Bertz CT molecular complexity index is 587. The number of non-ortho nitro benzene ring substituents is 1. The summed E-state index contributed by atoms with van der Waals surface area (Å²) < 4.78 is 0.444. The Hall–Kier alpha value is -1.63. The van der Waals surface area contributed by atoms with Crippen molar-refractivity contribution in [2.75, 3.05) is 0 Å². The van der Waals surface area contributed by atoms with E-state index in [0.717, 1.165) is 31.2 Å². The lowest BCUT2D eigenvalue weighted by molar-refractivity contribution is -0.760. The zero-order valence-corrected chi connectivity index (χ0v) is 12.9. The van der Waals surface area contributed by atoms with E-state index in [-0.39, 0.29) is 23.6 Å². The predicted octanol–water partition coefficient (Wildman–Crippen LogP) is 3.49. The Kier molecular flexibility index (Phi) is 3.84. The third-order valence-electron chi connectivity index (χ3n) is 4.31. The molecule has 3 rings (SSSR count). The maximum Gasteiger partial charge on any atom is 0.293 e. The van der Waals surface area contributed by atoms with Crippen LogP contribution in [-0.2, 0) is 4.84 Å². The molecule has 0 bridgehead atoms. The monoisotopic (exact) mass is 354 g/mol. The van der Waals surface area contributed by atoms with Gasteiger partial charge in [-0.25, -0.2) is 0 Å². The van der Waals surface area contributed by atoms with Gasteiger partial charge in [-0.15, -0.1) is 0 Å². The van der Waals surface area contributed by atoms with E-state index in [1.54, 1.807) is 12.1 Å². The molecule has 0 amide bonds. The number of rotatable bonds is 2. The quantitative estimate of drug-likeness (QED) is 0.462. The van der Waals surface area contributed by atoms with Crippen LogP contribution in [0.5, 0.6) is 0 Å². The summed E-state index contributed by atoms with van der Waals surface area (Å²) in [6.07, 6.45) is 3.99. The summed E-state index contributed by atoms with van der Waals surface area (Å²) in [6, 6.07) is 6.43. The third-order valence-corrected chi connectivity index (χ3v) is 5.09. The van der Waals surface area contributed by atoms with E-state index < -0.39 is 4.92 Å². The van der Waals surface area contributed by atoms with Crippen LogP contribution in [0, 0.1) is 21.2 Å². The first kappa shape index (κ1) is 14.3. The highest BCUT2D eigenvalue weighted by Gasteiger charge is 2.43. The van der Waals surface area contributed by atoms with Crippen LogP contribution >= 0.6 is 15.9 Å². The maximum absolute atomic E-state index is 11.9. The van der Waals surface area contributed by atoms with Gasteiger partial charge in [-0.1, -0.05) is 25.0 Å². The first-order valence-corrected chi connectivity index (χ1v) is 7.78. The lowest BCUT2D eigenvalue weighted by Crippen LogP contribution is -2.43. The molecule has 1 fully saturated rings. The normalized spacial score (nSPS) is 28.7. The van der Waals surface area contributed by atoms with Crippen LogP contribution < -0.4 is 0 Å². The summed E-state index contributed by atoms with van der Waals surface area (Å²) in [6.45, 7) is 0. The molecule has 0 N–H and O–H groups in total. The Morgan fingerprint density at radius 1 is 1.24 bits per heavy atom. The molecule has 0 unspecified atom stereocenters. The zero-order valence-electron chi connectivity index (χ0n) is 11.3. The first-order valence-electron chi connectivity index (χ1n) is 6.98. The Morgan fingerprint density at radius 3 is 2.57 bits per heavy atom. The maximum atomic E-state index is 11.9. The fraction of sp³-hybridized carbons (Fsp3) is 0.500. The second kappa shape index (κ2) is 5.63. The molecule has 1 saturated carbocycles. The molecule has 1 aliphatic carbocycles. The molecule has 7 heteroatoms. The highest BCUT2D eigenvalue weighted by Crippen LogP contribution is 2.42. The molecule has 1 aliphatic heterocycles. The van der Waals surface area contributed by atoms with Gasteiger partial charge in [0.2, 0.25) is 0 Å². The second-order valence-electron chi connectivity index (χ2n) is 5.50. The topological polar surface area (TPSA) is 78.4 Å². The van der Waals surface area contributed by atoms with Gasteiger partial charge in [0.15, 0.2) is 0 Å². The van der Waals surface area contributed by atoms with Crippen LogP contribution in [0.15, 0.2) is 24.3 Å². The molecular weight excluding hydrogens is 340 g/mol. The van der Waals surface area contributed by atoms with Crippen LogP contribution in [0.2, 0.25) is 0 Å². The van der Waals surface area contributed by atoms with E-state index in [9.17, 15) is 15.3 Å². The Labute approximate surface area is 130 Å². The molecule has 112 valence electrons. The summed E-state index contributed by atoms with van der Waals surface area (Å²) in [4.78, 5) is 16.3. The van der Waals surface area contributed by atoms with E-state index in [2.05, 4.69) is 15.9 Å². The van der Waals surface area contributed by atoms with E-state index in [0.29, 0.717) is 9.52 Å². The number of hydrogen-bond donors (Lipinski definition) is 0. The Balaban J connectivity index is 1.97. The number of benzene rings is 1. The second-order valence-corrected chi connectivity index (χ2v) is 6.31. The van der Waals surface area contributed by atoms with Crippen molar-refractivity contribution in [2.24, 2.45) is 5.92 Å². The molecule has 0 radical (unpaired) electrons. The van der Waals surface area contributed by atoms with E-state index >= 15 is 0 Å². The van der Waals surface area contributed by atoms with Crippen LogP contribution in [0.25, 0.3) is 0 Å². The van der Waals surface area contributed by atoms with Gasteiger partial charge in [0.05, 0.1) is 16.9 Å². The lowest BCUT2D eigenvalue weighted by Gasteiger charge is -2.40. The van der Waals surface area contributed by atoms with Crippen molar-refractivity contribution in [3.63, 3.8) is 0 Å². The fourth-order valence-electron chi connectivity index (χ4n) is 3.29. The average Bonchev–Trinajstić information content (AvgIpc) is 2.49. The first-order chi connectivity index (χ1) is 10.1. The van der Waals surface area contributed by atoms with Crippen LogP contribution in [-0.4, -0.2) is 20.6 Å². The molecular formula is C14H15BrN2O4. The lowest BCUT2D eigenvalue weighted by atomic mass is 9.75. The summed E-state index contributed by atoms with van der Waals surface area (Å²) in [5.74, 6) is 0.141. The van der Waals surface area contributed by atoms with Gasteiger partial charge < -0.3 is 4.84 Å². The minimum Gasteiger partial charge on any atom is -0.399 e. The van der Waals surface area contributed by atoms with E-state index in [1.165, 1.54) is 12.1 Å². The third kappa shape index (κ3) is 2.62. The van der Waals surface area contributed by atoms with Gasteiger partial charge in [-0.2, -0.15) is 0 Å². The number of nitro benzene ring substituents is 1. The molecule has 1 aromatic rings. The van der Waals surface area contributed by atoms with Gasteiger partial charge in [0.1, 0.15) is 0 Å². The molecule has 3 atom stereocenters. The highest BCUT2D eigenvalue weighted by molar-refractivity contribution is 9.18.